The molecule has 0 aliphatic carbocycles. The molecule has 0 saturated carbocycles. The topological polar surface area (TPSA) is 49.8 Å². The molecular weight excluding hydrogens is 194 g/mol. The molecule has 1 amide bonds. The number of hydrogen-bond acceptors (Lipinski definition) is 2. The molecule has 1 spiro atoms. The number of ether oxygens (including phenoxy) is 1. The summed E-state index contributed by atoms with van der Waals surface area (Å²) in [6.07, 6.45) is 0.907. The van der Waals surface area contributed by atoms with Gasteiger partial charge in [-0.3, -0.25) is 0 Å². The van der Waals surface area contributed by atoms with Gasteiger partial charge in [0.15, 0.2) is 0 Å². The quantitative estimate of drug-likeness (QED) is 0.672. The zero-order valence-electron chi connectivity index (χ0n) is 9.03. The Morgan fingerprint density at radius 3 is 2.87 bits per heavy atom. The Labute approximate surface area is 89.5 Å². The summed E-state index contributed by atoms with van der Waals surface area (Å²) >= 11 is 0. The molecule has 0 aromatic rings. The minimum absolute atomic E-state index is 0.220. The van der Waals surface area contributed by atoms with Crippen LogP contribution in [0.2, 0.25) is 0 Å². The predicted molar refractivity (Wildman–Crippen MR) is 55.8 cm³/mol. The van der Waals surface area contributed by atoms with Crippen molar-refractivity contribution in [1.82, 2.24) is 4.90 Å². The third-order valence-corrected chi connectivity index (χ3v) is 3.49. The average Bonchev–Trinajstić information content (AvgIpc) is 2.74. The third-order valence-electron chi connectivity index (χ3n) is 3.49. The van der Waals surface area contributed by atoms with Crippen LogP contribution in [0.1, 0.15) is 19.8 Å². The molecule has 1 N–H and O–H groups in total. The molecule has 0 aromatic carbocycles. The Kier molecular flexibility index (Phi) is 2.46. The maximum absolute atomic E-state index is 10.8. The highest BCUT2D eigenvalue weighted by Crippen LogP contribution is 2.39. The van der Waals surface area contributed by atoms with Crippen LogP contribution in [-0.2, 0) is 4.74 Å². The molecule has 4 nitrogen and oxygen atoms in total. The predicted octanol–water partition coefficient (Wildman–Crippen LogP) is 1.72. The van der Waals surface area contributed by atoms with Crippen molar-refractivity contribution in [3.05, 3.63) is 12.2 Å². The molecule has 2 rings (SSSR count). The van der Waals surface area contributed by atoms with Crippen LogP contribution in [0.5, 0.6) is 0 Å². The number of rotatable bonds is 1. The molecule has 0 radical (unpaired) electrons. The lowest BCUT2D eigenvalue weighted by atomic mass is 9.90. The van der Waals surface area contributed by atoms with Gasteiger partial charge < -0.3 is 14.7 Å². The Hall–Kier alpha value is -1.03. The zero-order chi connectivity index (χ0) is 11.1. The van der Waals surface area contributed by atoms with E-state index in [1.165, 1.54) is 4.90 Å². The van der Waals surface area contributed by atoms with E-state index < -0.39 is 6.09 Å². The first-order valence-corrected chi connectivity index (χ1v) is 5.30. The van der Waals surface area contributed by atoms with E-state index in [0.717, 1.165) is 18.4 Å². The highest BCUT2D eigenvalue weighted by molar-refractivity contribution is 5.65. The van der Waals surface area contributed by atoms with Crippen LogP contribution in [0.3, 0.4) is 0 Å². The molecule has 0 aromatic heterocycles. The fourth-order valence-electron chi connectivity index (χ4n) is 2.45. The van der Waals surface area contributed by atoms with E-state index in [0.29, 0.717) is 25.6 Å². The second-order valence-corrected chi connectivity index (χ2v) is 4.70. The lowest BCUT2D eigenvalue weighted by Crippen LogP contribution is -2.35. The second-order valence-electron chi connectivity index (χ2n) is 4.70. The number of amides is 1. The van der Waals surface area contributed by atoms with Gasteiger partial charge in [-0.05, 0) is 19.8 Å². The lowest BCUT2D eigenvalue weighted by Gasteiger charge is -2.22. The van der Waals surface area contributed by atoms with Crippen LogP contribution >= 0.6 is 0 Å². The maximum atomic E-state index is 10.8. The van der Waals surface area contributed by atoms with Gasteiger partial charge in [-0.15, -0.1) is 0 Å². The average molecular weight is 211 g/mol. The Morgan fingerprint density at radius 2 is 2.40 bits per heavy atom. The molecule has 15 heavy (non-hydrogen) atoms. The van der Waals surface area contributed by atoms with E-state index in [2.05, 4.69) is 6.58 Å². The molecule has 2 aliphatic rings. The van der Waals surface area contributed by atoms with Crippen molar-refractivity contribution in [2.45, 2.75) is 25.4 Å². The minimum Gasteiger partial charge on any atom is -0.465 e. The van der Waals surface area contributed by atoms with E-state index in [1.54, 1.807) is 0 Å². The monoisotopic (exact) mass is 211 g/mol. The summed E-state index contributed by atoms with van der Waals surface area (Å²) in [7, 11) is 0. The lowest BCUT2D eigenvalue weighted by molar-refractivity contribution is 0.0127. The van der Waals surface area contributed by atoms with Gasteiger partial charge in [-0.1, -0.05) is 12.2 Å². The first kappa shape index (κ1) is 10.5. The first-order valence-electron chi connectivity index (χ1n) is 5.30. The highest BCUT2D eigenvalue weighted by Gasteiger charge is 2.46. The van der Waals surface area contributed by atoms with Crippen molar-refractivity contribution in [1.29, 1.82) is 0 Å². The molecule has 2 fully saturated rings. The summed E-state index contributed by atoms with van der Waals surface area (Å²) in [6.45, 7) is 7.76. The molecule has 4 heteroatoms. The van der Waals surface area contributed by atoms with Gasteiger partial charge in [0.2, 0.25) is 0 Å². The van der Waals surface area contributed by atoms with E-state index in [1.807, 2.05) is 6.92 Å². The largest absolute Gasteiger partial charge is 0.465 e. The number of likely N-dealkylation sites (tertiary alicyclic amines) is 1. The molecule has 84 valence electrons. The van der Waals surface area contributed by atoms with Gasteiger partial charge in [-0.25, -0.2) is 4.79 Å². The van der Waals surface area contributed by atoms with Gasteiger partial charge >= 0.3 is 6.09 Å². The van der Waals surface area contributed by atoms with Gasteiger partial charge in [0, 0.05) is 12.5 Å². The molecule has 2 atom stereocenters. The van der Waals surface area contributed by atoms with Crippen LogP contribution in [0, 0.1) is 5.92 Å². The molecule has 0 bridgehead atoms. The van der Waals surface area contributed by atoms with Gasteiger partial charge in [-0.2, -0.15) is 0 Å². The Balaban J connectivity index is 2.00. The highest BCUT2D eigenvalue weighted by atomic mass is 16.5. The fraction of sp³-hybridized carbons (Fsp3) is 0.727. The van der Waals surface area contributed by atoms with Crippen molar-refractivity contribution in [2.24, 2.45) is 5.92 Å². The van der Waals surface area contributed by atoms with Crippen LogP contribution < -0.4 is 0 Å². The molecule has 2 saturated heterocycles. The Bertz CT molecular complexity index is 270. The Morgan fingerprint density at radius 1 is 1.67 bits per heavy atom. The van der Waals surface area contributed by atoms with Gasteiger partial charge in [0.25, 0.3) is 0 Å². The minimum atomic E-state index is -0.839. The molecule has 2 unspecified atom stereocenters. The summed E-state index contributed by atoms with van der Waals surface area (Å²) in [6, 6.07) is 0. The summed E-state index contributed by atoms with van der Waals surface area (Å²) in [5, 5.41) is 8.88. The number of carboxylic acid groups (broad SMARTS) is 1. The summed E-state index contributed by atoms with van der Waals surface area (Å²) in [4.78, 5) is 12.3. The standard InChI is InChI=1S/C11H17NO3/c1-8(2)9-5-11(15-6-9)3-4-12(7-11)10(13)14/h9H,1,3-7H2,2H3,(H,13,14). The van der Waals surface area contributed by atoms with Gasteiger partial charge in [0.05, 0.1) is 18.8 Å². The van der Waals surface area contributed by atoms with Crippen molar-refractivity contribution in [2.75, 3.05) is 19.7 Å². The normalized spacial score (nSPS) is 35.0. The van der Waals surface area contributed by atoms with E-state index in [9.17, 15) is 4.79 Å². The maximum Gasteiger partial charge on any atom is 0.407 e. The van der Waals surface area contributed by atoms with Crippen LogP contribution in [-0.4, -0.2) is 41.4 Å². The third kappa shape index (κ3) is 1.86. The van der Waals surface area contributed by atoms with Crippen LogP contribution in [0.25, 0.3) is 0 Å². The van der Waals surface area contributed by atoms with Crippen molar-refractivity contribution in [3.8, 4) is 0 Å². The van der Waals surface area contributed by atoms with E-state index in [-0.39, 0.29) is 5.60 Å². The first-order chi connectivity index (χ1) is 7.02. The van der Waals surface area contributed by atoms with Crippen molar-refractivity contribution < 1.29 is 14.6 Å². The van der Waals surface area contributed by atoms with Crippen molar-refractivity contribution in [3.63, 3.8) is 0 Å². The smallest absolute Gasteiger partial charge is 0.407 e. The number of hydrogen-bond donors (Lipinski definition) is 1. The van der Waals surface area contributed by atoms with E-state index >= 15 is 0 Å². The fourth-order valence-corrected chi connectivity index (χ4v) is 2.45. The summed E-state index contributed by atoms with van der Waals surface area (Å²) in [5.74, 6) is 0.402. The molecule has 2 aliphatic heterocycles. The van der Waals surface area contributed by atoms with Gasteiger partial charge in [0.1, 0.15) is 0 Å². The molecular formula is C11H17NO3. The SMILES string of the molecule is C=C(C)C1COC2(CCN(C(=O)O)C2)C1. The van der Waals surface area contributed by atoms with Crippen molar-refractivity contribution >= 4 is 6.09 Å². The zero-order valence-corrected chi connectivity index (χ0v) is 9.03. The van der Waals surface area contributed by atoms with Crippen LogP contribution in [0.4, 0.5) is 4.79 Å². The van der Waals surface area contributed by atoms with E-state index in [4.69, 9.17) is 9.84 Å². The second kappa shape index (κ2) is 3.52. The number of nitrogens with zero attached hydrogens (tertiary/aromatic N) is 1. The molecule has 2 heterocycles. The summed E-state index contributed by atoms with van der Waals surface area (Å²) in [5.41, 5.74) is 0.919. The summed E-state index contributed by atoms with van der Waals surface area (Å²) < 4.78 is 5.79. The van der Waals surface area contributed by atoms with Crippen LogP contribution in [0.15, 0.2) is 12.2 Å². The number of carbonyl (C=O) groups is 1.